The molecule has 0 saturated heterocycles. The van der Waals surface area contributed by atoms with Gasteiger partial charge in [0.1, 0.15) is 0 Å². The van der Waals surface area contributed by atoms with E-state index >= 15 is 0 Å². The minimum atomic E-state index is -3.67. The molecule has 0 saturated carbocycles. The normalized spacial score (nSPS) is 9.80. The van der Waals surface area contributed by atoms with E-state index in [2.05, 4.69) is 24.9 Å². The summed E-state index contributed by atoms with van der Waals surface area (Å²) in [6, 6.07) is 0. The standard InChI is InChI=1S/C2H2N2O.H4N2O2S/c1-3-4-2-5-1;1-5(2,3)4/h1-2H;(H4,1,2,3,4). The van der Waals surface area contributed by atoms with E-state index < -0.39 is 10.2 Å². The summed E-state index contributed by atoms with van der Waals surface area (Å²) in [4.78, 5) is 0. The highest BCUT2D eigenvalue weighted by Gasteiger charge is 1.78. The van der Waals surface area contributed by atoms with Crippen molar-refractivity contribution in [1.82, 2.24) is 10.2 Å². The molecule has 1 aromatic rings. The predicted octanol–water partition coefficient (Wildman–Crippen LogP) is -1.78. The lowest BCUT2D eigenvalue weighted by Gasteiger charge is -1.72. The van der Waals surface area contributed by atoms with Gasteiger partial charge >= 0.3 is 0 Å². The molecule has 0 aliphatic heterocycles. The highest BCUT2D eigenvalue weighted by molar-refractivity contribution is 7.86. The highest BCUT2D eigenvalue weighted by atomic mass is 32.2. The van der Waals surface area contributed by atoms with Crippen LogP contribution in [-0.4, -0.2) is 18.6 Å². The predicted molar refractivity (Wildman–Crippen MR) is 31.6 cm³/mol. The zero-order chi connectivity index (χ0) is 8.04. The Morgan fingerprint density at radius 1 is 1.20 bits per heavy atom. The van der Waals surface area contributed by atoms with Gasteiger partial charge in [-0.1, -0.05) is 0 Å². The molecular formula is C2H6N4O3S. The molecule has 8 heteroatoms. The van der Waals surface area contributed by atoms with Gasteiger partial charge in [0.2, 0.25) is 12.8 Å². The van der Waals surface area contributed by atoms with Crippen molar-refractivity contribution in [3.63, 3.8) is 0 Å². The van der Waals surface area contributed by atoms with Crippen LogP contribution >= 0.6 is 0 Å². The molecule has 0 aliphatic rings. The monoisotopic (exact) mass is 166 g/mol. The fraction of sp³-hybridized carbons (Fsp3) is 0. The minimum Gasteiger partial charge on any atom is -0.431 e. The van der Waals surface area contributed by atoms with Gasteiger partial charge in [-0.05, 0) is 0 Å². The van der Waals surface area contributed by atoms with E-state index in [0.717, 1.165) is 0 Å². The summed E-state index contributed by atoms with van der Waals surface area (Å²) < 4.78 is 22.7. The fourth-order valence-corrected chi connectivity index (χ4v) is 0.136. The molecule has 0 radical (unpaired) electrons. The Balaban J connectivity index is 0.000000162. The Kier molecular flexibility index (Phi) is 3.54. The van der Waals surface area contributed by atoms with E-state index in [1.165, 1.54) is 12.8 Å². The average molecular weight is 166 g/mol. The van der Waals surface area contributed by atoms with Crippen LogP contribution < -0.4 is 10.3 Å². The number of hydrogen-bond acceptors (Lipinski definition) is 5. The van der Waals surface area contributed by atoms with E-state index in [9.17, 15) is 8.42 Å². The van der Waals surface area contributed by atoms with Gasteiger partial charge in [0, 0.05) is 0 Å². The second kappa shape index (κ2) is 3.93. The minimum absolute atomic E-state index is 1.26. The number of nitrogens with two attached hydrogens (primary N) is 2. The third-order valence-electron chi connectivity index (χ3n) is 0.283. The van der Waals surface area contributed by atoms with Gasteiger partial charge in [-0.25, -0.2) is 10.3 Å². The number of nitrogens with zero attached hydrogens (tertiary/aromatic N) is 2. The highest BCUT2D eigenvalue weighted by Crippen LogP contribution is 1.64. The molecule has 0 aromatic carbocycles. The van der Waals surface area contributed by atoms with Gasteiger partial charge in [0.15, 0.2) is 0 Å². The molecule has 0 spiro atoms. The van der Waals surface area contributed by atoms with Gasteiger partial charge in [0.05, 0.1) is 0 Å². The molecule has 0 fully saturated rings. The second-order valence-electron chi connectivity index (χ2n) is 1.17. The van der Waals surface area contributed by atoms with Crippen molar-refractivity contribution in [2.45, 2.75) is 0 Å². The van der Waals surface area contributed by atoms with Crippen LogP contribution in [0.1, 0.15) is 0 Å². The topological polar surface area (TPSA) is 125 Å². The maximum atomic E-state index is 9.19. The van der Waals surface area contributed by atoms with E-state index in [4.69, 9.17) is 0 Å². The molecule has 0 atom stereocenters. The maximum Gasteiger partial charge on any atom is 0.271 e. The van der Waals surface area contributed by atoms with Crippen LogP contribution in [0.4, 0.5) is 0 Å². The third kappa shape index (κ3) is 15.7. The Morgan fingerprint density at radius 2 is 1.50 bits per heavy atom. The average Bonchev–Trinajstić information content (AvgIpc) is 2.07. The van der Waals surface area contributed by atoms with Crippen molar-refractivity contribution in [1.29, 1.82) is 0 Å². The van der Waals surface area contributed by atoms with Crippen LogP contribution in [0, 0.1) is 0 Å². The van der Waals surface area contributed by atoms with Crippen molar-refractivity contribution >= 4 is 10.2 Å². The number of rotatable bonds is 0. The van der Waals surface area contributed by atoms with Crippen LogP contribution in [0.15, 0.2) is 17.2 Å². The largest absolute Gasteiger partial charge is 0.431 e. The first-order valence-electron chi connectivity index (χ1n) is 1.99. The van der Waals surface area contributed by atoms with Gasteiger partial charge in [-0.15, -0.1) is 10.2 Å². The number of hydrogen-bond donors (Lipinski definition) is 2. The van der Waals surface area contributed by atoms with Crippen LogP contribution in [-0.2, 0) is 10.2 Å². The molecule has 1 heterocycles. The van der Waals surface area contributed by atoms with Crippen molar-refractivity contribution in [3.8, 4) is 0 Å². The van der Waals surface area contributed by atoms with Crippen molar-refractivity contribution in [2.75, 3.05) is 0 Å². The van der Waals surface area contributed by atoms with Gasteiger partial charge in [-0.2, -0.15) is 8.42 Å². The van der Waals surface area contributed by atoms with Crippen molar-refractivity contribution in [3.05, 3.63) is 12.8 Å². The Morgan fingerprint density at radius 3 is 1.60 bits per heavy atom. The molecule has 1 aromatic heterocycles. The number of aromatic nitrogens is 2. The van der Waals surface area contributed by atoms with E-state index in [-0.39, 0.29) is 0 Å². The fourth-order valence-electron chi connectivity index (χ4n) is 0.136. The van der Waals surface area contributed by atoms with Gasteiger partial charge < -0.3 is 4.42 Å². The first-order chi connectivity index (χ1) is 4.50. The molecular weight excluding hydrogens is 160 g/mol. The van der Waals surface area contributed by atoms with Crippen molar-refractivity contribution in [2.24, 2.45) is 10.3 Å². The lowest BCUT2D eigenvalue weighted by molar-refractivity contribution is 0.553. The molecule has 58 valence electrons. The second-order valence-corrected chi connectivity index (χ2v) is 2.34. The summed E-state index contributed by atoms with van der Waals surface area (Å²) in [5, 5.41) is 14.8. The molecule has 10 heavy (non-hydrogen) atoms. The summed E-state index contributed by atoms with van der Waals surface area (Å²) in [6.07, 6.45) is 2.53. The smallest absolute Gasteiger partial charge is 0.271 e. The summed E-state index contributed by atoms with van der Waals surface area (Å²) >= 11 is 0. The maximum absolute atomic E-state index is 9.19. The Hall–Kier alpha value is -0.990. The molecule has 1 rings (SSSR count). The van der Waals surface area contributed by atoms with Crippen LogP contribution in [0.2, 0.25) is 0 Å². The lowest BCUT2D eigenvalue weighted by atomic mass is 11.5. The summed E-state index contributed by atoms with van der Waals surface area (Å²) in [6.45, 7) is 0. The zero-order valence-corrected chi connectivity index (χ0v) is 5.65. The molecule has 7 nitrogen and oxygen atoms in total. The summed E-state index contributed by atoms with van der Waals surface area (Å²) in [7, 11) is -3.67. The molecule has 0 bridgehead atoms. The van der Waals surface area contributed by atoms with Gasteiger partial charge in [0.25, 0.3) is 10.2 Å². The molecule has 0 amide bonds. The first-order valence-corrected chi connectivity index (χ1v) is 3.60. The van der Waals surface area contributed by atoms with E-state index in [0.29, 0.717) is 0 Å². The molecule has 4 N–H and O–H groups in total. The Labute approximate surface area is 57.2 Å². The Bertz CT molecular complexity index is 214. The zero-order valence-electron chi connectivity index (χ0n) is 4.84. The molecule has 0 unspecified atom stereocenters. The first kappa shape index (κ1) is 9.01. The van der Waals surface area contributed by atoms with Crippen LogP contribution in [0.3, 0.4) is 0 Å². The van der Waals surface area contributed by atoms with Gasteiger partial charge in [-0.3, -0.25) is 0 Å². The SMILES string of the molecule is NS(N)(=O)=O.c1nnco1. The summed E-state index contributed by atoms with van der Waals surface area (Å²) in [5.41, 5.74) is 0. The van der Waals surface area contributed by atoms with Crippen molar-refractivity contribution < 1.29 is 12.8 Å². The summed E-state index contributed by atoms with van der Waals surface area (Å²) in [5.74, 6) is 0. The molecule has 0 aliphatic carbocycles. The van der Waals surface area contributed by atoms with Crippen LogP contribution in [0.25, 0.3) is 0 Å². The van der Waals surface area contributed by atoms with E-state index in [1.807, 2.05) is 0 Å². The lowest BCUT2D eigenvalue weighted by Crippen LogP contribution is -2.21. The van der Waals surface area contributed by atoms with Crippen LogP contribution in [0.5, 0.6) is 0 Å². The quantitative estimate of drug-likeness (QED) is 0.471. The van der Waals surface area contributed by atoms with E-state index in [1.54, 1.807) is 0 Å². The third-order valence-corrected chi connectivity index (χ3v) is 0.283.